The Balaban J connectivity index is 1.20. The lowest BCUT2D eigenvalue weighted by molar-refractivity contribution is 0.487. The molecular formula is C44H29NO. The third-order valence-corrected chi connectivity index (χ3v) is 9.06. The van der Waals surface area contributed by atoms with Crippen molar-refractivity contribution >= 4 is 38.6 Å². The SMILES string of the molecule is c1ccc(-c2ccc(N(c3ccc4c(c3)Oc3ccc(-c5ccccc5)c5cccc-4c35)c3cccc4ccccc34)cc2)cc1. The number of hydrogen-bond donors (Lipinski definition) is 0. The summed E-state index contributed by atoms with van der Waals surface area (Å²) in [4.78, 5) is 2.34. The lowest BCUT2D eigenvalue weighted by Gasteiger charge is -2.29. The van der Waals surface area contributed by atoms with Crippen molar-refractivity contribution in [2.75, 3.05) is 4.90 Å². The molecule has 0 atom stereocenters. The van der Waals surface area contributed by atoms with E-state index in [1.807, 2.05) is 0 Å². The molecule has 0 bridgehead atoms. The van der Waals surface area contributed by atoms with Crippen LogP contribution in [0.4, 0.5) is 17.1 Å². The molecule has 0 radical (unpaired) electrons. The maximum absolute atomic E-state index is 6.74. The number of hydrogen-bond acceptors (Lipinski definition) is 2. The van der Waals surface area contributed by atoms with Crippen molar-refractivity contribution in [2.45, 2.75) is 0 Å². The van der Waals surface area contributed by atoms with Gasteiger partial charge in [-0.3, -0.25) is 0 Å². The van der Waals surface area contributed by atoms with E-state index in [-0.39, 0.29) is 0 Å². The maximum atomic E-state index is 6.74. The van der Waals surface area contributed by atoms with Crippen LogP contribution in [-0.2, 0) is 0 Å². The molecule has 2 nitrogen and oxygen atoms in total. The standard InChI is InChI=1S/C44H29NO/c1-3-11-30(12-4-1)31-21-23-34(24-22-31)45(41-20-9-16-33-15-7-8-17-37(33)41)35-25-26-38-40-19-10-18-39-36(32-13-5-2-6-14-32)27-28-42(44(39)40)46-43(38)29-35/h1-29H. The number of rotatable bonds is 5. The molecule has 8 aromatic rings. The molecule has 1 heterocycles. The number of anilines is 3. The minimum atomic E-state index is 0.858. The fraction of sp³-hybridized carbons (Fsp3) is 0. The topological polar surface area (TPSA) is 12.5 Å². The fourth-order valence-electron chi connectivity index (χ4n) is 6.89. The monoisotopic (exact) mass is 587 g/mol. The third-order valence-electron chi connectivity index (χ3n) is 9.06. The number of ether oxygens (including phenoxy) is 1. The van der Waals surface area contributed by atoms with Crippen LogP contribution in [-0.4, -0.2) is 0 Å². The first-order valence-corrected chi connectivity index (χ1v) is 15.7. The highest BCUT2D eigenvalue weighted by Gasteiger charge is 2.24. The Bertz CT molecular complexity index is 2370. The first-order chi connectivity index (χ1) is 22.8. The van der Waals surface area contributed by atoms with Crippen LogP contribution < -0.4 is 9.64 Å². The van der Waals surface area contributed by atoms with Gasteiger partial charge >= 0.3 is 0 Å². The highest BCUT2D eigenvalue weighted by atomic mass is 16.5. The normalized spacial score (nSPS) is 11.7. The summed E-state index contributed by atoms with van der Waals surface area (Å²) in [6.45, 7) is 0. The van der Waals surface area contributed by atoms with Gasteiger partial charge in [-0.05, 0) is 75.0 Å². The van der Waals surface area contributed by atoms with Crippen molar-refractivity contribution in [2.24, 2.45) is 0 Å². The van der Waals surface area contributed by atoms with Crippen LogP contribution in [0.15, 0.2) is 176 Å². The number of fused-ring (bicyclic) bond motifs is 3. The fourth-order valence-corrected chi connectivity index (χ4v) is 6.89. The Labute approximate surface area is 268 Å². The van der Waals surface area contributed by atoms with Gasteiger partial charge in [0.2, 0.25) is 0 Å². The molecule has 0 fully saturated rings. The van der Waals surface area contributed by atoms with Crippen LogP contribution in [0, 0.1) is 0 Å². The third kappa shape index (κ3) is 4.35. The minimum absolute atomic E-state index is 0.858. The summed E-state index contributed by atoms with van der Waals surface area (Å²) in [5, 5.41) is 4.76. The lowest BCUT2D eigenvalue weighted by Crippen LogP contribution is -2.11. The van der Waals surface area contributed by atoms with Crippen LogP contribution in [0.1, 0.15) is 0 Å². The Kier molecular flexibility index (Phi) is 6.17. The van der Waals surface area contributed by atoms with Gasteiger partial charge < -0.3 is 9.64 Å². The predicted molar refractivity (Wildman–Crippen MR) is 193 cm³/mol. The molecular weight excluding hydrogens is 558 g/mol. The van der Waals surface area contributed by atoms with E-state index in [1.54, 1.807) is 0 Å². The van der Waals surface area contributed by atoms with E-state index in [2.05, 4.69) is 181 Å². The smallest absolute Gasteiger partial charge is 0.137 e. The first kappa shape index (κ1) is 26.3. The molecule has 0 saturated carbocycles. The summed E-state index contributed by atoms with van der Waals surface area (Å²) < 4.78 is 6.74. The Hall–Kier alpha value is -6.12. The van der Waals surface area contributed by atoms with E-state index >= 15 is 0 Å². The summed E-state index contributed by atoms with van der Waals surface area (Å²) >= 11 is 0. The molecule has 216 valence electrons. The zero-order chi connectivity index (χ0) is 30.5. The van der Waals surface area contributed by atoms with E-state index in [0.29, 0.717) is 0 Å². The number of benzene rings is 8. The molecule has 0 amide bonds. The van der Waals surface area contributed by atoms with Crippen LogP contribution >= 0.6 is 0 Å². The van der Waals surface area contributed by atoms with E-state index in [0.717, 1.165) is 39.5 Å². The first-order valence-electron chi connectivity index (χ1n) is 15.7. The lowest BCUT2D eigenvalue weighted by atomic mass is 9.90. The quantitative estimate of drug-likeness (QED) is 0.199. The van der Waals surface area contributed by atoms with Gasteiger partial charge in [0, 0.05) is 33.8 Å². The molecule has 46 heavy (non-hydrogen) atoms. The van der Waals surface area contributed by atoms with Gasteiger partial charge in [0.05, 0.1) is 5.69 Å². The van der Waals surface area contributed by atoms with Crippen LogP contribution in [0.25, 0.3) is 54.9 Å². The van der Waals surface area contributed by atoms with Crippen molar-refractivity contribution in [1.29, 1.82) is 0 Å². The van der Waals surface area contributed by atoms with Crippen molar-refractivity contribution in [3.63, 3.8) is 0 Å². The molecule has 0 spiro atoms. The average Bonchev–Trinajstić information content (AvgIpc) is 3.13. The van der Waals surface area contributed by atoms with Gasteiger partial charge in [-0.25, -0.2) is 0 Å². The Morgan fingerprint density at radius 1 is 0.370 bits per heavy atom. The summed E-state index contributed by atoms with van der Waals surface area (Å²) in [5.41, 5.74) is 10.4. The molecule has 0 aromatic heterocycles. The Morgan fingerprint density at radius 2 is 1.00 bits per heavy atom. The zero-order valence-corrected chi connectivity index (χ0v) is 25.1. The average molecular weight is 588 g/mol. The highest BCUT2D eigenvalue weighted by Crippen LogP contribution is 2.51. The summed E-state index contributed by atoms with van der Waals surface area (Å²) in [6.07, 6.45) is 0. The summed E-state index contributed by atoms with van der Waals surface area (Å²) in [7, 11) is 0. The van der Waals surface area contributed by atoms with Gasteiger partial charge in [0.1, 0.15) is 11.5 Å². The van der Waals surface area contributed by atoms with Crippen molar-refractivity contribution in [3.05, 3.63) is 176 Å². The summed E-state index contributed by atoms with van der Waals surface area (Å²) in [6, 6.07) is 62.6. The second-order valence-corrected chi connectivity index (χ2v) is 11.7. The van der Waals surface area contributed by atoms with Crippen LogP contribution in [0.3, 0.4) is 0 Å². The van der Waals surface area contributed by atoms with E-state index < -0.39 is 0 Å². The molecule has 8 aromatic carbocycles. The van der Waals surface area contributed by atoms with Crippen molar-refractivity contribution in [1.82, 2.24) is 0 Å². The van der Waals surface area contributed by atoms with Gasteiger partial charge in [-0.2, -0.15) is 0 Å². The molecule has 9 rings (SSSR count). The van der Waals surface area contributed by atoms with Crippen molar-refractivity contribution in [3.8, 4) is 44.9 Å². The van der Waals surface area contributed by atoms with E-state index in [1.165, 1.54) is 44.0 Å². The molecule has 1 aliphatic heterocycles. The van der Waals surface area contributed by atoms with Crippen LogP contribution in [0.5, 0.6) is 11.5 Å². The molecule has 0 unspecified atom stereocenters. The molecule has 1 aliphatic rings. The zero-order valence-electron chi connectivity index (χ0n) is 25.1. The number of nitrogens with zero attached hydrogens (tertiary/aromatic N) is 1. The molecule has 0 aliphatic carbocycles. The molecule has 0 N–H and O–H groups in total. The molecule has 0 saturated heterocycles. The second-order valence-electron chi connectivity index (χ2n) is 11.7. The highest BCUT2D eigenvalue weighted by molar-refractivity contribution is 6.10. The molecule has 2 heteroatoms. The van der Waals surface area contributed by atoms with E-state index in [4.69, 9.17) is 4.74 Å². The van der Waals surface area contributed by atoms with Crippen molar-refractivity contribution < 1.29 is 4.74 Å². The second kappa shape index (κ2) is 10.8. The van der Waals surface area contributed by atoms with Gasteiger partial charge in [0.25, 0.3) is 0 Å². The van der Waals surface area contributed by atoms with Gasteiger partial charge in [-0.15, -0.1) is 0 Å². The van der Waals surface area contributed by atoms with Gasteiger partial charge in [-0.1, -0.05) is 133 Å². The minimum Gasteiger partial charge on any atom is -0.456 e. The largest absolute Gasteiger partial charge is 0.456 e. The predicted octanol–water partition coefficient (Wildman–Crippen LogP) is 12.6. The Morgan fingerprint density at radius 3 is 1.83 bits per heavy atom. The van der Waals surface area contributed by atoms with Gasteiger partial charge in [0.15, 0.2) is 0 Å². The van der Waals surface area contributed by atoms with E-state index in [9.17, 15) is 0 Å². The van der Waals surface area contributed by atoms with Crippen LogP contribution in [0.2, 0.25) is 0 Å². The maximum Gasteiger partial charge on any atom is 0.137 e. The summed E-state index contributed by atoms with van der Waals surface area (Å²) in [5.74, 6) is 1.75.